The van der Waals surface area contributed by atoms with Gasteiger partial charge >= 0.3 is 0 Å². The van der Waals surface area contributed by atoms with Crippen LogP contribution in [0.1, 0.15) is 11.1 Å². The van der Waals surface area contributed by atoms with E-state index in [2.05, 4.69) is 16.4 Å². The van der Waals surface area contributed by atoms with Crippen molar-refractivity contribution >= 4 is 28.2 Å². The van der Waals surface area contributed by atoms with Crippen molar-refractivity contribution in [3.05, 3.63) is 70.9 Å². The van der Waals surface area contributed by atoms with E-state index in [9.17, 15) is 5.26 Å². The van der Waals surface area contributed by atoms with Crippen LogP contribution in [0.2, 0.25) is 5.02 Å². The molecule has 3 nitrogen and oxygen atoms in total. The zero-order valence-electron chi connectivity index (χ0n) is 11.2. The van der Waals surface area contributed by atoms with E-state index in [1.807, 2.05) is 42.5 Å². The molecule has 1 aromatic heterocycles. The van der Waals surface area contributed by atoms with Gasteiger partial charge in [0.05, 0.1) is 21.8 Å². The third-order valence-corrected chi connectivity index (χ3v) is 3.63. The van der Waals surface area contributed by atoms with Gasteiger partial charge < -0.3 is 5.32 Å². The molecule has 0 unspecified atom stereocenters. The van der Waals surface area contributed by atoms with Crippen LogP contribution < -0.4 is 5.32 Å². The van der Waals surface area contributed by atoms with E-state index in [0.717, 1.165) is 22.2 Å². The highest BCUT2D eigenvalue weighted by Gasteiger charge is 2.07. The number of fused-ring (bicyclic) bond motifs is 1. The van der Waals surface area contributed by atoms with Crippen LogP contribution in [0.15, 0.2) is 54.7 Å². The van der Waals surface area contributed by atoms with Crippen LogP contribution >= 0.6 is 11.6 Å². The van der Waals surface area contributed by atoms with Crippen LogP contribution in [-0.4, -0.2) is 4.98 Å². The van der Waals surface area contributed by atoms with Gasteiger partial charge in [-0.1, -0.05) is 41.9 Å². The third-order valence-electron chi connectivity index (χ3n) is 3.31. The number of para-hydroxylation sites is 1. The Morgan fingerprint density at radius 1 is 1.10 bits per heavy atom. The molecule has 0 radical (unpaired) electrons. The largest absolute Gasteiger partial charge is 0.380 e. The van der Waals surface area contributed by atoms with Crippen LogP contribution in [0.3, 0.4) is 0 Å². The second-order valence-corrected chi connectivity index (χ2v) is 5.03. The summed E-state index contributed by atoms with van der Waals surface area (Å²) >= 11 is 6.03. The lowest BCUT2D eigenvalue weighted by molar-refractivity contribution is 1.15. The summed E-state index contributed by atoms with van der Waals surface area (Å²) in [4.78, 5) is 4.42. The van der Waals surface area contributed by atoms with Gasteiger partial charge in [0.1, 0.15) is 6.07 Å². The maximum absolute atomic E-state index is 9.18. The summed E-state index contributed by atoms with van der Waals surface area (Å²) in [6.07, 6.45) is 1.78. The van der Waals surface area contributed by atoms with E-state index >= 15 is 0 Å². The standard InChI is InChI=1S/C17H12ClN3/c18-15-7-2-8-16(14(15)10-19)21-11-13-5-1-4-12-6-3-9-20-17(12)13/h1-9,21H,11H2. The first-order valence-corrected chi connectivity index (χ1v) is 6.92. The molecule has 21 heavy (non-hydrogen) atoms. The number of halogens is 1. The number of benzene rings is 2. The Morgan fingerprint density at radius 3 is 2.76 bits per heavy atom. The molecule has 2 aromatic carbocycles. The maximum atomic E-state index is 9.18. The molecule has 0 amide bonds. The number of hydrogen-bond acceptors (Lipinski definition) is 3. The molecule has 3 rings (SSSR count). The minimum atomic E-state index is 0.457. The molecule has 0 spiro atoms. The third kappa shape index (κ3) is 2.67. The predicted octanol–water partition coefficient (Wildman–Crippen LogP) is 4.37. The van der Waals surface area contributed by atoms with Gasteiger partial charge in [0.25, 0.3) is 0 Å². The fourth-order valence-corrected chi connectivity index (χ4v) is 2.50. The quantitative estimate of drug-likeness (QED) is 0.780. The van der Waals surface area contributed by atoms with Crippen LogP contribution in [0, 0.1) is 11.3 Å². The average Bonchev–Trinajstić information content (AvgIpc) is 2.53. The van der Waals surface area contributed by atoms with E-state index in [0.29, 0.717) is 17.1 Å². The Morgan fingerprint density at radius 2 is 1.90 bits per heavy atom. The number of anilines is 1. The molecule has 1 heterocycles. The molecule has 0 saturated heterocycles. The van der Waals surface area contributed by atoms with Gasteiger partial charge in [-0.2, -0.15) is 5.26 Å². The fourth-order valence-electron chi connectivity index (χ4n) is 2.29. The predicted molar refractivity (Wildman–Crippen MR) is 85.2 cm³/mol. The van der Waals surface area contributed by atoms with Crippen molar-refractivity contribution < 1.29 is 0 Å². The highest BCUT2D eigenvalue weighted by molar-refractivity contribution is 6.32. The molecule has 0 saturated carbocycles. The van der Waals surface area contributed by atoms with Crippen molar-refractivity contribution in [2.75, 3.05) is 5.32 Å². The Balaban J connectivity index is 1.91. The summed E-state index contributed by atoms with van der Waals surface area (Å²) in [7, 11) is 0. The minimum Gasteiger partial charge on any atom is -0.380 e. The molecule has 0 aliphatic carbocycles. The van der Waals surface area contributed by atoms with Crippen molar-refractivity contribution in [1.82, 2.24) is 4.98 Å². The zero-order chi connectivity index (χ0) is 14.7. The van der Waals surface area contributed by atoms with E-state index in [-0.39, 0.29) is 0 Å². The highest BCUT2D eigenvalue weighted by Crippen LogP contribution is 2.24. The van der Waals surface area contributed by atoms with Crippen molar-refractivity contribution in [1.29, 1.82) is 5.26 Å². The first-order valence-electron chi connectivity index (χ1n) is 6.54. The number of rotatable bonds is 3. The fraction of sp³-hybridized carbons (Fsp3) is 0.0588. The molecule has 3 aromatic rings. The summed E-state index contributed by atoms with van der Waals surface area (Å²) < 4.78 is 0. The van der Waals surface area contributed by atoms with Crippen molar-refractivity contribution in [2.24, 2.45) is 0 Å². The van der Waals surface area contributed by atoms with Gasteiger partial charge in [-0.15, -0.1) is 0 Å². The Labute approximate surface area is 127 Å². The molecule has 102 valence electrons. The molecule has 4 heteroatoms. The average molecular weight is 294 g/mol. The van der Waals surface area contributed by atoms with E-state index in [1.54, 1.807) is 12.3 Å². The van der Waals surface area contributed by atoms with Crippen LogP contribution in [0.4, 0.5) is 5.69 Å². The van der Waals surface area contributed by atoms with Crippen LogP contribution in [0.5, 0.6) is 0 Å². The van der Waals surface area contributed by atoms with Gasteiger partial charge in [-0.25, -0.2) is 0 Å². The highest BCUT2D eigenvalue weighted by atomic mass is 35.5. The van der Waals surface area contributed by atoms with Gasteiger partial charge in [-0.05, 0) is 23.8 Å². The van der Waals surface area contributed by atoms with Crippen molar-refractivity contribution in [3.8, 4) is 6.07 Å². The molecular weight excluding hydrogens is 282 g/mol. The molecule has 1 N–H and O–H groups in total. The van der Waals surface area contributed by atoms with Crippen molar-refractivity contribution in [2.45, 2.75) is 6.54 Å². The summed E-state index contributed by atoms with van der Waals surface area (Å²) in [5.74, 6) is 0. The van der Waals surface area contributed by atoms with Gasteiger partial charge in [0, 0.05) is 18.1 Å². The summed E-state index contributed by atoms with van der Waals surface area (Å²) in [5.41, 5.74) is 3.25. The number of nitrogens with one attached hydrogen (secondary N) is 1. The lowest BCUT2D eigenvalue weighted by atomic mass is 10.1. The molecule has 0 aliphatic rings. The second kappa shape index (κ2) is 5.82. The lowest BCUT2D eigenvalue weighted by Crippen LogP contribution is -2.02. The first kappa shape index (κ1) is 13.4. The van der Waals surface area contributed by atoms with Gasteiger partial charge in [-0.3, -0.25) is 4.98 Å². The lowest BCUT2D eigenvalue weighted by Gasteiger charge is -2.10. The van der Waals surface area contributed by atoms with Crippen LogP contribution in [-0.2, 0) is 6.54 Å². The SMILES string of the molecule is N#Cc1c(Cl)cccc1NCc1cccc2cccnc12. The second-order valence-electron chi connectivity index (χ2n) is 4.62. The smallest absolute Gasteiger partial charge is 0.103 e. The molecular formula is C17H12ClN3. The van der Waals surface area contributed by atoms with Crippen LogP contribution in [0.25, 0.3) is 10.9 Å². The minimum absolute atomic E-state index is 0.457. The number of nitriles is 1. The molecule has 0 aliphatic heterocycles. The summed E-state index contributed by atoms with van der Waals surface area (Å²) in [6.45, 7) is 0.587. The van der Waals surface area contributed by atoms with E-state index in [1.165, 1.54) is 0 Å². The number of pyridine rings is 1. The Hall–Kier alpha value is -2.57. The Bertz CT molecular complexity index is 832. The maximum Gasteiger partial charge on any atom is 0.103 e. The van der Waals surface area contributed by atoms with E-state index in [4.69, 9.17) is 11.6 Å². The Kier molecular flexibility index (Phi) is 3.72. The number of aromatic nitrogens is 1. The number of nitrogens with zero attached hydrogens (tertiary/aromatic N) is 2. The normalized spacial score (nSPS) is 10.3. The topological polar surface area (TPSA) is 48.7 Å². The molecule has 0 fully saturated rings. The van der Waals surface area contributed by atoms with E-state index < -0.39 is 0 Å². The number of hydrogen-bond donors (Lipinski definition) is 1. The molecule has 0 bridgehead atoms. The summed E-state index contributed by atoms with van der Waals surface area (Å²) in [5, 5.41) is 14.0. The molecule has 0 atom stereocenters. The van der Waals surface area contributed by atoms with Gasteiger partial charge in [0.15, 0.2) is 0 Å². The monoisotopic (exact) mass is 293 g/mol. The zero-order valence-corrected chi connectivity index (χ0v) is 11.9. The van der Waals surface area contributed by atoms with Crippen molar-refractivity contribution in [3.63, 3.8) is 0 Å². The summed E-state index contributed by atoms with van der Waals surface area (Å²) in [6, 6.07) is 17.5. The first-order chi connectivity index (χ1) is 10.3. The van der Waals surface area contributed by atoms with Gasteiger partial charge in [0.2, 0.25) is 0 Å².